The van der Waals surface area contributed by atoms with Crippen molar-refractivity contribution in [3.63, 3.8) is 0 Å². The Morgan fingerprint density at radius 3 is 2.66 bits per heavy atom. The maximum absolute atomic E-state index is 12.4. The Kier molecular flexibility index (Phi) is 5.75. The van der Waals surface area contributed by atoms with Gasteiger partial charge < -0.3 is 14.4 Å². The summed E-state index contributed by atoms with van der Waals surface area (Å²) in [4.78, 5) is 37.4. The van der Waals surface area contributed by atoms with Crippen LogP contribution in [0.5, 0.6) is 0 Å². The van der Waals surface area contributed by atoms with Crippen LogP contribution in [0.1, 0.15) is 13.8 Å². The number of rotatable bonds is 5. The second-order valence-corrected chi connectivity index (χ2v) is 8.53. The number of benzene rings is 1. The predicted octanol–water partition coefficient (Wildman–Crippen LogP) is 2.72. The van der Waals surface area contributed by atoms with Gasteiger partial charge in [0.1, 0.15) is 4.91 Å². The van der Waals surface area contributed by atoms with Crippen LogP contribution in [0, 0.1) is 10.1 Å². The number of esters is 2. The maximum atomic E-state index is 12.4. The Hall–Kier alpha value is -2.73. The van der Waals surface area contributed by atoms with Gasteiger partial charge in [-0.3, -0.25) is 10.1 Å². The Morgan fingerprint density at radius 2 is 2.03 bits per heavy atom. The zero-order valence-corrected chi connectivity index (χ0v) is 17.7. The number of allylic oxidation sites excluding steroid dienone is 1. The molecule has 2 aliphatic rings. The highest BCUT2D eigenvalue weighted by molar-refractivity contribution is 8.28. The summed E-state index contributed by atoms with van der Waals surface area (Å²) in [6, 6.07) is 5.90. The molecule has 10 nitrogen and oxygen atoms in total. The molecule has 1 atom stereocenters. The SMILES string of the molecule is CCOC(=O)C1=NN(c2cccc([N+](=O)[O-])c2)[C@@]2(S1)SC(C(=O)OC)=C(C)N2C. The van der Waals surface area contributed by atoms with Crippen LogP contribution in [-0.4, -0.2) is 51.9 Å². The van der Waals surface area contributed by atoms with Crippen molar-refractivity contribution in [3.05, 3.63) is 45.0 Å². The minimum atomic E-state index is -1.08. The zero-order valence-electron chi connectivity index (χ0n) is 16.1. The topological polar surface area (TPSA) is 115 Å². The molecule has 2 aliphatic heterocycles. The molecule has 0 aliphatic carbocycles. The Bertz CT molecular complexity index is 950. The van der Waals surface area contributed by atoms with E-state index in [9.17, 15) is 19.7 Å². The van der Waals surface area contributed by atoms with Crippen LogP contribution in [-0.2, 0) is 19.1 Å². The predicted molar refractivity (Wildman–Crippen MR) is 110 cm³/mol. The first-order valence-electron chi connectivity index (χ1n) is 8.46. The monoisotopic (exact) mass is 438 g/mol. The first kappa shape index (κ1) is 21.0. The number of carbonyl (C=O) groups excluding carboxylic acids is 2. The summed E-state index contributed by atoms with van der Waals surface area (Å²) < 4.78 is 8.86. The van der Waals surface area contributed by atoms with Gasteiger partial charge in [0.15, 0.2) is 0 Å². The van der Waals surface area contributed by atoms with E-state index in [4.69, 9.17) is 9.47 Å². The Labute approximate surface area is 175 Å². The van der Waals surface area contributed by atoms with Gasteiger partial charge in [0, 0.05) is 24.9 Å². The van der Waals surface area contributed by atoms with E-state index in [0.717, 1.165) is 23.5 Å². The van der Waals surface area contributed by atoms with Crippen molar-refractivity contribution in [1.82, 2.24) is 4.90 Å². The fourth-order valence-corrected chi connectivity index (χ4v) is 5.67. The van der Waals surface area contributed by atoms with E-state index in [1.54, 1.807) is 31.9 Å². The molecule has 29 heavy (non-hydrogen) atoms. The van der Waals surface area contributed by atoms with Crippen LogP contribution >= 0.6 is 23.5 Å². The van der Waals surface area contributed by atoms with Crippen LogP contribution in [0.2, 0.25) is 0 Å². The van der Waals surface area contributed by atoms with E-state index >= 15 is 0 Å². The quantitative estimate of drug-likeness (QED) is 0.386. The largest absolute Gasteiger partial charge is 0.465 e. The number of methoxy groups -OCH3 is 1. The van der Waals surface area contributed by atoms with Crippen molar-refractivity contribution in [2.24, 2.45) is 5.10 Å². The van der Waals surface area contributed by atoms with Crippen molar-refractivity contribution in [2.75, 3.05) is 25.8 Å². The highest BCUT2D eigenvalue weighted by Gasteiger charge is 2.56. The lowest BCUT2D eigenvalue weighted by Crippen LogP contribution is -2.47. The molecule has 1 spiro atoms. The Morgan fingerprint density at radius 1 is 1.31 bits per heavy atom. The van der Waals surface area contributed by atoms with E-state index in [1.807, 2.05) is 0 Å². The van der Waals surface area contributed by atoms with Gasteiger partial charge in [-0.1, -0.05) is 17.8 Å². The minimum absolute atomic E-state index is 0.0802. The first-order valence-corrected chi connectivity index (χ1v) is 10.1. The molecule has 1 aromatic carbocycles. The van der Waals surface area contributed by atoms with Crippen LogP contribution in [0.25, 0.3) is 0 Å². The summed E-state index contributed by atoms with van der Waals surface area (Å²) in [6.07, 6.45) is 0. The fourth-order valence-electron chi connectivity index (χ4n) is 2.77. The number of anilines is 1. The summed E-state index contributed by atoms with van der Waals surface area (Å²) in [5, 5.41) is 17.2. The molecule has 3 rings (SSSR count). The van der Waals surface area contributed by atoms with Gasteiger partial charge in [-0.05, 0) is 31.7 Å². The molecule has 0 saturated heterocycles. The molecule has 2 heterocycles. The van der Waals surface area contributed by atoms with E-state index in [-0.39, 0.29) is 17.3 Å². The van der Waals surface area contributed by atoms with Crippen molar-refractivity contribution >= 4 is 51.9 Å². The van der Waals surface area contributed by atoms with Gasteiger partial charge >= 0.3 is 11.9 Å². The summed E-state index contributed by atoms with van der Waals surface area (Å²) in [5.74, 6) is -1.12. The van der Waals surface area contributed by atoms with Gasteiger partial charge in [-0.15, -0.1) is 0 Å². The van der Waals surface area contributed by atoms with E-state index in [0.29, 0.717) is 16.3 Å². The standard InChI is InChI=1S/C17H18N4O6S2/c1-5-27-16(23)14-18-20(11-7-6-8-12(9-11)21(24)25)17(29-14)19(3)10(2)13(28-17)15(22)26-4/h6-9H,5H2,1-4H3/t17-/m1/s1. The normalized spacial score (nSPS) is 20.9. The molecule has 154 valence electrons. The summed E-state index contributed by atoms with van der Waals surface area (Å²) in [6.45, 7) is 3.61. The number of hydrazone groups is 1. The van der Waals surface area contributed by atoms with Crippen LogP contribution < -0.4 is 5.01 Å². The van der Waals surface area contributed by atoms with Crippen LogP contribution in [0.4, 0.5) is 11.4 Å². The van der Waals surface area contributed by atoms with Crippen molar-refractivity contribution in [2.45, 2.75) is 18.2 Å². The number of hydrogen-bond donors (Lipinski definition) is 0. The van der Waals surface area contributed by atoms with Gasteiger partial charge in [-0.25, -0.2) is 14.6 Å². The molecule has 0 fully saturated rings. The molecule has 0 amide bonds. The lowest BCUT2D eigenvalue weighted by Gasteiger charge is -2.38. The number of ether oxygens (including phenoxy) is 2. The fraction of sp³-hybridized carbons (Fsp3) is 0.353. The molecule has 0 unspecified atom stereocenters. The Balaban J connectivity index is 2.09. The highest BCUT2D eigenvalue weighted by atomic mass is 32.2. The molecule has 12 heteroatoms. The number of nitro groups is 1. The van der Waals surface area contributed by atoms with E-state index < -0.39 is 21.2 Å². The average molecular weight is 438 g/mol. The third-order valence-corrected chi connectivity index (χ3v) is 7.32. The van der Waals surface area contributed by atoms with Crippen molar-refractivity contribution in [3.8, 4) is 0 Å². The third kappa shape index (κ3) is 3.53. The number of carbonyl (C=O) groups is 2. The number of nitro benzene ring substituents is 1. The molecule has 1 aromatic rings. The lowest BCUT2D eigenvalue weighted by atomic mass is 10.3. The van der Waals surface area contributed by atoms with Gasteiger partial charge in [0.25, 0.3) is 5.69 Å². The molecule has 0 bridgehead atoms. The smallest absolute Gasteiger partial charge is 0.365 e. The number of non-ortho nitro benzene ring substituents is 1. The third-order valence-electron chi connectivity index (χ3n) is 4.28. The molecular formula is C17H18N4O6S2. The molecule has 0 saturated carbocycles. The van der Waals surface area contributed by atoms with Gasteiger partial charge in [0.2, 0.25) is 9.37 Å². The summed E-state index contributed by atoms with van der Waals surface area (Å²) >= 11 is 2.25. The summed E-state index contributed by atoms with van der Waals surface area (Å²) in [7, 11) is 3.04. The molecule has 0 aromatic heterocycles. The molecule has 0 N–H and O–H groups in total. The lowest BCUT2D eigenvalue weighted by molar-refractivity contribution is -0.384. The van der Waals surface area contributed by atoms with Gasteiger partial charge in [-0.2, -0.15) is 5.10 Å². The van der Waals surface area contributed by atoms with Crippen LogP contribution in [0.15, 0.2) is 40.0 Å². The highest BCUT2D eigenvalue weighted by Crippen LogP contribution is 2.58. The van der Waals surface area contributed by atoms with E-state index in [1.165, 1.54) is 30.3 Å². The first-order chi connectivity index (χ1) is 13.7. The minimum Gasteiger partial charge on any atom is -0.465 e. The van der Waals surface area contributed by atoms with Crippen molar-refractivity contribution in [1.29, 1.82) is 0 Å². The van der Waals surface area contributed by atoms with Gasteiger partial charge in [0.05, 0.1) is 24.3 Å². The van der Waals surface area contributed by atoms with Crippen LogP contribution in [0.3, 0.4) is 0 Å². The number of hydrogen-bond acceptors (Lipinski definition) is 11. The molecular weight excluding hydrogens is 420 g/mol. The number of thioether (sulfide) groups is 2. The second-order valence-electron chi connectivity index (χ2n) is 5.93. The maximum Gasteiger partial charge on any atom is 0.365 e. The summed E-state index contributed by atoms with van der Waals surface area (Å²) in [5.41, 5.74) is 0.903. The zero-order chi connectivity index (χ0) is 21.3. The molecule has 0 radical (unpaired) electrons. The van der Waals surface area contributed by atoms with E-state index in [2.05, 4.69) is 5.10 Å². The van der Waals surface area contributed by atoms with Crippen molar-refractivity contribution < 1.29 is 24.0 Å². The second kappa shape index (κ2) is 7.95. The number of nitrogens with zero attached hydrogens (tertiary/aromatic N) is 4. The average Bonchev–Trinajstić information content (AvgIpc) is 3.22.